The Labute approximate surface area is 140 Å². The molecule has 0 unspecified atom stereocenters. The molecule has 1 heterocycles. The van der Waals surface area contributed by atoms with Crippen molar-refractivity contribution < 1.29 is 4.74 Å². The highest BCUT2D eigenvalue weighted by Gasteiger charge is 2.14. The molecule has 2 aromatic carbocycles. The highest BCUT2D eigenvalue weighted by molar-refractivity contribution is 7.99. The topological polar surface area (TPSA) is 39.9 Å². The van der Waals surface area contributed by atoms with Crippen LogP contribution in [0.3, 0.4) is 0 Å². The van der Waals surface area contributed by atoms with Gasteiger partial charge in [0.05, 0.1) is 7.11 Å². The second-order valence-corrected chi connectivity index (χ2v) is 6.26. The van der Waals surface area contributed by atoms with Crippen molar-refractivity contribution in [1.82, 2.24) is 14.8 Å². The number of para-hydroxylation sites is 1. The van der Waals surface area contributed by atoms with Crippen LogP contribution in [0.1, 0.15) is 18.3 Å². The number of thioether (sulfide) groups is 1. The lowest BCUT2D eigenvalue weighted by Gasteiger charge is -2.10. The van der Waals surface area contributed by atoms with Gasteiger partial charge < -0.3 is 4.74 Å². The lowest BCUT2D eigenvalue weighted by Crippen LogP contribution is -2.03. The lowest BCUT2D eigenvalue weighted by atomic mass is 10.1. The number of nitrogens with zero attached hydrogens (tertiary/aromatic N) is 3. The molecule has 0 amide bonds. The third-order valence-corrected chi connectivity index (χ3v) is 4.32. The van der Waals surface area contributed by atoms with Crippen LogP contribution in [0.5, 0.6) is 5.75 Å². The van der Waals surface area contributed by atoms with E-state index in [1.165, 1.54) is 5.56 Å². The van der Waals surface area contributed by atoms with E-state index >= 15 is 0 Å². The molecule has 0 saturated carbocycles. The summed E-state index contributed by atoms with van der Waals surface area (Å²) < 4.78 is 7.35. The molecule has 0 N–H and O–H groups in total. The molecule has 4 nitrogen and oxygen atoms in total. The molecule has 1 aromatic heterocycles. The maximum atomic E-state index is 5.21. The van der Waals surface area contributed by atoms with Crippen molar-refractivity contribution in [2.24, 2.45) is 0 Å². The first-order valence-electron chi connectivity index (χ1n) is 7.57. The molecule has 0 atom stereocenters. The third-order valence-electron chi connectivity index (χ3n) is 3.51. The Kier molecular flexibility index (Phi) is 4.98. The van der Waals surface area contributed by atoms with Gasteiger partial charge in [-0.05, 0) is 35.6 Å². The average molecular weight is 325 g/mol. The summed E-state index contributed by atoms with van der Waals surface area (Å²) in [6, 6.07) is 18.3. The van der Waals surface area contributed by atoms with Gasteiger partial charge in [-0.15, -0.1) is 10.2 Å². The van der Waals surface area contributed by atoms with E-state index in [1.54, 1.807) is 18.9 Å². The number of aromatic nitrogens is 3. The van der Waals surface area contributed by atoms with E-state index in [4.69, 9.17) is 4.74 Å². The van der Waals surface area contributed by atoms with E-state index in [1.807, 2.05) is 30.3 Å². The Morgan fingerprint density at radius 1 is 1.00 bits per heavy atom. The number of rotatable bonds is 6. The summed E-state index contributed by atoms with van der Waals surface area (Å²) in [4.78, 5) is 0. The van der Waals surface area contributed by atoms with Crippen LogP contribution in [0, 0.1) is 0 Å². The van der Waals surface area contributed by atoms with Crippen LogP contribution in [0.15, 0.2) is 59.8 Å². The smallest absolute Gasteiger partial charge is 0.195 e. The summed E-state index contributed by atoms with van der Waals surface area (Å²) in [6.45, 7) is 2.12. The summed E-state index contributed by atoms with van der Waals surface area (Å²) in [7, 11) is 1.68. The Hall–Kier alpha value is -2.27. The maximum Gasteiger partial charge on any atom is 0.195 e. The van der Waals surface area contributed by atoms with Crippen molar-refractivity contribution >= 4 is 11.8 Å². The van der Waals surface area contributed by atoms with Crippen molar-refractivity contribution in [3.05, 3.63) is 66.0 Å². The van der Waals surface area contributed by atoms with Gasteiger partial charge in [-0.1, -0.05) is 49.0 Å². The molecule has 118 valence electrons. The molecule has 0 saturated heterocycles. The van der Waals surface area contributed by atoms with Gasteiger partial charge in [0, 0.05) is 12.1 Å². The fourth-order valence-electron chi connectivity index (χ4n) is 2.40. The zero-order chi connectivity index (χ0) is 16.1. The van der Waals surface area contributed by atoms with E-state index < -0.39 is 0 Å². The maximum absolute atomic E-state index is 5.21. The summed E-state index contributed by atoms with van der Waals surface area (Å²) in [5.41, 5.74) is 2.28. The summed E-state index contributed by atoms with van der Waals surface area (Å²) in [5.74, 6) is 2.77. The highest BCUT2D eigenvalue weighted by Crippen LogP contribution is 2.23. The quantitative estimate of drug-likeness (QED) is 0.643. The van der Waals surface area contributed by atoms with Gasteiger partial charge in [0.25, 0.3) is 0 Å². The van der Waals surface area contributed by atoms with Gasteiger partial charge in [0.1, 0.15) is 11.6 Å². The molecule has 0 bridgehead atoms. The number of hydrogen-bond acceptors (Lipinski definition) is 4. The number of ether oxygens (including phenoxy) is 1. The minimum atomic E-state index is 0.732. The predicted octanol–water partition coefficient (Wildman–Crippen LogP) is 3.98. The minimum absolute atomic E-state index is 0.732. The van der Waals surface area contributed by atoms with Crippen LogP contribution in [-0.4, -0.2) is 27.6 Å². The molecule has 0 radical (unpaired) electrons. The molecule has 0 aliphatic rings. The Bertz CT molecular complexity index is 754. The van der Waals surface area contributed by atoms with Gasteiger partial charge in [0.2, 0.25) is 0 Å². The van der Waals surface area contributed by atoms with Crippen LogP contribution in [0.4, 0.5) is 0 Å². The van der Waals surface area contributed by atoms with Crippen molar-refractivity contribution in [2.75, 3.05) is 12.9 Å². The van der Waals surface area contributed by atoms with E-state index in [0.717, 1.165) is 34.6 Å². The number of hydrogen-bond donors (Lipinski definition) is 0. The van der Waals surface area contributed by atoms with Gasteiger partial charge in [-0.25, -0.2) is 0 Å². The highest BCUT2D eigenvalue weighted by atomic mass is 32.2. The SMILES string of the molecule is CCSc1nnc(Cc2ccc(OC)cc2)n1-c1ccccc1. The Morgan fingerprint density at radius 2 is 1.74 bits per heavy atom. The molecule has 3 rings (SSSR count). The zero-order valence-corrected chi connectivity index (χ0v) is 14.1. The Morgan fingerprint density at radius 3 is 2.39 bits per heavy atom. The van der Waals surface area contributed by atoms with Crippen LogP contribution in [-0.2, 0) is 6.42 Å². The summed E-state index contributed by atoms with van der Waals surface area (Å²) in [6.07, 6.45) is 0.732. The molecule has 23 heavy (non-hydrogen) atoms. The first kappa shape index (κ1) is 15.6. The van der Waals surface area contributed by atoms with E-state index in [0.29, 0.717) is 0 Å². The van der Waals surface area contributed by atoms with Crippen LogP contribution >= 0.6 is 11.8 Å². The van der Waals surface area contributed by atoms with Gasteiger partial charge in [-0.2, -0.15) is 0 Å². The van der Waals surface area contributed by atoms with Crippen LogP contribution in [0.25, 0.3) is 5.69 Å². The van der Waals surface area contributed by atoms with E-state index in [-0.39, 0.29) is 0 Å². The lowest BCUT2D eigenvalue weighted by molar-refractivity contribution is 0.414. The first-order valence-corrected chi connectivity index (χ1v) is 8.56. The number of methoxy groups -OCH3 is 1. The molecule has 3 aromatic rings. The van der Waals surface area contributed by atoms with Crippen LogP contribution < -0.4 is 4.74 Å². The number of benzene rings is 2. The van der Waals surface area contributed by atoms with Crippen molar-refractivity contribution in [3.63, 3.8) is 0 Å². The zero-order valence-electron chi connectivity index (χ0n) is 13.3. The van der Waals surface area contributed by atoms with Crippen LogP contribution in [0.2, 0.25) is 0 Å². The normalized spacial score (nSPS) is 10.7. The van der Waals surface area contributed by atoms with Gasteiger partial charge in [0.15, 0.2) is 5.16 Å². The molecule has 5 heteroatoms. The Balaban J connectivity index is 1.95. The standard InChI is InChI=1S/C18H19N3OS/c1-3-23-18-20-19-17(21(18)15-7-5-4-6-8-15)13-14-9-11-16(22-2)12-10-14/h4-12H,3,13H2,1-2H3. The van der Waals surface area contributed by atoms with Gasteiger partial charge in [-0.3, -0.25) is 4.57 Å². The fourth-order valence-corrected chi connectivity index (χ4v) is 3.10. The predicted molar refractivity (Wildman–Crippen MR) is 93.6 cm³/mol. The molecular weight excluding hydrogens is 306 g/mol. The minimum Gasteiger partial charge on any atom is -0.497 e. The molecule has 0 aliphatic heterocycles. The van der Waals surface area contributed by atoms with Crippen molar-refractivity contribution in [3.8, 4) is 11.4 Å². The second kappa shape index (κ2) is 7.33. The largest absolute Gasteiger partial charge is 0.497 e. The molecular formula is C18H19N3OS. The molecule has 0 fully saturated rings. The van der Waals surface area contributed by atoms with Crippen molar-refractivity contribution in [2.45, 2.75) is 18.5 Å². The van der Waals surface area contributed by atoms with E-state index in [2.05, 4.69) is 46.0 Å². The van der Waals surface area contributed by atoms with E-state index in [9.17, 15) is 0 Å². The van der Waals surface area contributed by atoms with Gasteiger partial charge >= 0.3 is 0 Å². The first-order chi connectivity index (χ1) is 11.3. The average Bonchev–Trinajstić information content (AvgIpc) is 2.99. The summed E-state index contributed by atoms with van der Waals surface area (Å²) >= 11 is 1.70. The second-order valence-electron chi connectivity index (χ2n) is 5.03. The summed E-state index contributed by atoms with van der Waals surface area (Å²) in [5, 5.41) is 9.71. The third kappa shape index (κ3) is 3.56. The molecule has 0 aliphatic carbocycles. The van der Waals surface area contributed by atoms with Crippen molar-refractivity contribution in [1.29, 1.82) is 0 Å². The monoisotopic (exact) mass is 325 g/mol. The fraction of sp³-hybridized carbons (Fsp3) is 0.222. The molecule has 0 spiro atoms.